The number of hydrogen-bond acceptors (Lipinski definition) is 6. The van der Waals surface area contributed by atoms with Crippen LogP contribution >= 0.6 is 0 Å². The second-order valence-electron chi connectivity index (χ2n) is 5.68. The number of ether oxygens (including phenoxy) is 1. The standard InChI is InChI=1S/C19H21NO5/c1-12-7-16(25-2)9-17(20-12)19(24)6-5-18(23)13-3-4-14(10-21)15(8-13)11-22/h3-4,7-9,21-22H,5-6,10-11H2,1-2H3. The third-order valence-electron chi connectivity index (χ3n) is 3.90. The summed E-state index contributed by atoms with van der Waals surface area (Å²) >= 11 is 0. The van der Waals surface area contributed by atoms with E-state index in [-0.39, 0.29) is 43.3 Å². The van der Waals surface area contributed by atoms with Gasteiger partial charge in [-0.25, -0.2) is 4.98 Å². The molecule has 0 saturated carbocycles. The third-order valence-corrected chi connectivity index (χ3v) is 3.90. The highest BCUT2D eigenvalue weighted by Crippen LogP contribution is 2.17. The monoisotopic (exact) mass is 343 g/mol. The molecule has 25 heavy (non-hydrogen) atoms. The van der Waals surface area contributed by atoms with Gasteiger partial charge in [-0.3, -0.25) is 9.59 Å². The fraction of sp³-hybridized carbons (Fsp3) is 0.316. The van der Waals surface area contributed by atoms with Crippen LogP contribution in [0.1, 0.15) is 50.5 Å². The predicted octanol–water partition coefficient (Wildman–Crippen LogP) is 2.23. The summed E-state index contributed by atoms with van der Waals surface area (Å²) in [4.78, 5) is 28.8. The summed E-state index contributed by atoms with van der Waals surface area (Å²) in [5.41, 5.74) is 2.43. The number of ketones is 2. The minimum absolute atomic E-state index is 0.0364. The van der Waals surface area contributed by atoms with Crippen LogP contribution in [-0.4, -0.2) is 33.9 Å². The Morgan fingerprint density at radius 3 is 2.32 bits per heavy atom. The van der Waals surface area contributed by atoms with Crippen molar-refractivity contribution in [2.75, 3.05) is 7.11 Å². The number of rotatable bonds is 8. The lowest BCUT2D eigenvalue weighted by molar-refractivity contribution is 0.0914. The Hall–Kier alpha value is -2.57. The third kappa shape index (κ3) is 4.71. The van der Waals surface area contributed by atoms with E-state index < -0.39 is 0 Å². The minimum atomic E-state index is -0.261. The van der Waals surface area contributed by atoms with Crippen molar-refractivity contribution in [2.24, 2.45) is 0 Å². The molecular formula is C19H21NO5. The second kappa shape index (κ2) is 8.50. The van der Waals surface area contributed by atoms with Crippen LogP contribution < -0.4 is 4.74 Å². The molecule has 1 aromatic heterocycles. The topological polar surface area (TPSA) is 96.7 Å². The number of Topliss-reactive ketones (excluding diaryl/α,β-unsaturated/α-hetero) is 2. The molecule has 0 aliphatic carbocycles. The summed E-state index contributed by atoms with van der Waals surface area (Å²) in [7, 11) is 1.52. The van der Waals surface area contributed by atoms with E-state index in [1.54, 1.807) is 37.3 Å². The van der Waals surface area contributed by atoms with Gasteiger partial charge < -0.3 is 14.9 Å². The molecule has 0 aliphatic rings. The first-order chi connectivity index (χ1) is 12.0. The summed E-state index contributed by atoms with van der Waals surface area (Å²) in [6.45, 7) is 1.30. The number of aliphatic hydroxyl groups is 2. The van der Waals surface area contributed by atoms with Crippen molar-refractivity contribution in [1.82, 2.24) is 4.98 Å². The van der Waals surface area contributed by atoms with Gasteiger partial charge in [-0.15, -0.1) is 0 Å². The van der Waals surface area contributed by atoms with Crippen molar-refractivity contribution in [3.05, 3.63) is 58.4 Å². The molecular weight excluding hydrogens is 322 g/mol. The molecule has 0 aliphatic heterocycles. The molecule has 2 aromatic rings. The molecule has 2 N–H and O–H groups in total. The van der Waals surface area contributed by atoms with Crippen LogP contribution in [0.5, 0.6) is 5.75 Å². The van der Waals surface area contributed by atoms with Crippen molar-refractivity contribution < 1.29 is 24.5 Å². The van der Waals surface area contributed by atoms with Gasteiger partial charge >= 0.3 is 0 Å². The smallest absolute Gasteiger partial charge is 0.181 e. The van der Waals surface area contributed by atoms with E-state index in [0.717, 1.165) is 0 Å². The average Bonchev–Trinajstić information content (AvgIpc) is 2.64. The number of nitrogens with zero attached hydrogens (tertiary/aromatic N) is 1. The van der Waals surface area contributed by atoms with E-state index in [0.29, 0.717) is 28.1 Å². The van der Waals surface area contributed by atoms with E-state index >= 15 is 0 Å². The first kappa shape index (κ1) is 18.8. The number of aryl methyl sites for hydroxylation is 1. The number of carbonyl (C=O) groups is 2. The lowest BCUT2D eigenvalue weighted by atomic mass is 9.99. The van der Waals surface area contributed by atoms with Gasteiger partial charge in [-0.1, -0.05) is 12.1 Å². The second-order valence-corrected chi connectivity index (χ2v) is 5.68. The molecule has 132 valence electrons. The number of hydrogen-bond donors (Lipinski definition) is 2. The van der Waals surface area contributed by atoms with Gasteiger partial charge in [0.2, 0.25) is 0 Å². The fourth-order valence-corrected chi connectivity index (χ4v) is 2.50. The van der Waals surface area contributed by atoms with Gasteiger partial charge in [0.1, 0.15) is 11.4 Å². The molecule has 2 rings (SSSR count). The number of methoxy groups -OCH3 is 1. The lowest BCUT2D eigenvalue weighted by Gasteiger charge is -2.08. The number of carbonyl (C=O) groups excluding carboxylic acids is 2. The van der Waals surface area contributed by atoms with E-state index in [2.05, 4.69) is 4.98 Å². The van der Waals surface area contributed by atoms with E-state index in [4.69, 9.17) is 4.74 Å². The summed E-state index contributed by atoms with van der Waals surface area (Å²) in [5, 5.41) is 18.5. The Morgan fingerprint density at radius 1 is 1.00 bits per heavy atom. The molecule has 0 bridgehead atoms. The lowest BCUT2D eigenvalue weighted by Crippen LogP contribution is -2.08. The quantitative estimate of drug-likeness (QED) is 0.714. The molecule has 0 saturated heterocycles. The number of aromatic nitrogens is 1. The number of benzene rings is 1. The zero-order valence-corrected chi connectivity index (χ0v) is 14.3. The zero-order chi connectivity index (χ0) is 18.4. The fourth-order valence-electron chi connectivity index (χ4n) is 2.50. The molecule has 0 amide bonds. The molecule has 6 nitrogen and oxygen atoms in total. The van der Waals surface area contributed by atoms with Crippen molar-refractivity contribution in [1.29, 1.82) is 0 Å². The van der Waals surface area contributed by atoms with E-state index in [1.165, 1.54) is 7.11 Å². The molecule has 0 fully saturated rings. The van der Waals surface area contributed by atoms with Crippen LogP contribution in [0.3, 0.4) is 0 Å². The first-order valence-electron chi connectivity index (χ1n) is 7.91. The van der Waals surface area contributed by atoms with Gasteiger partial charge in [0, 0.05) is 36.2 Å². The predicted molar refractivity (Wildman–Crippen MR) is 91.7 cm³/mol. The highest BCUT2D eigenvalue weighted by molar-refractivity contribution is 6.01. The Balaban J connectivity index is 2.07. The normalized spacial score (nSPS) is 10.6. The van der Waals surface area contributed by atoms with Gasteiger partial charge in [-0.05, 0) is 24.1 Å². The van der Waals surface area contributed by atoms with Gasteiger partial charge in [0.25, 0.3) is 0 Å². The average molecular weight is 343 g/mol. The Morgan fingerprint density at radius 2 is 1.68 bits per heavy atom. The highest BCUT2D eigenvalue weighted by atomic mass is 16.5. The maximum Gasteiger partial charge on any atom is 0.181 e. The Labute approximate surface area is 146 Å². The first-order valence-corrected chi connectivity index (χ1v) is 7.91. The van der Waals surface area contributed by atoms with Crippen LogP contribution in [0.15, 0.2) is 30.3 Å². The number of pyridine rings is 1. The van der Waals surface area contributed by atoms with Crippen molar-refractivity contribution in [2.45, 2.75) is 33.0 Å². The van der Waals surface area contributed by atoms with Crippen molar-refractivity contribution >= 4 is 11.6 Å². The number of aliphatic hydroxyl groups excluding tert-OH is 2. The SMILES string of the molecule is COc1cc(C)nc(C(=O)CCC(=O)c2ccc(CO)c(CO)c2)c1. The van der Waals surface area contributed by atoms with Crippen molar-refractivity contribution in [3.63, 3.8) is 0 Å². The van der Waals surface area contributed by atoms with Crippen LogP contribution in [0.2, 0.25) is 0 Å². The molecule has 0 unspecified atom stereocenters. The maximum atomic E-state index is 12.3. The Kier molecular flexibility index (Phi) is 6.38. The van der Waals surface area contributed by atoms with E-state index in [9.17, 15) is 19.8 Å². The van der Waals surface area contributed by atoms with Crippen LogP contribution in [0.25, 0.3) is 0 Å². The molecule has 0 atom stereocenters. The summed E-state index contributed by atoms with van der Waals surface area (Å²) < 4.78 is 5.12. The van der Waals surface area contributed by atoms with Crippen LogP contribution in [-0.2, 0) is 13.2 Å². The largest absolute Gasteiger partial charge is 0.497 e. The maximum absolute atomic E-state index is 12.3. The molecule has 0 spiro atoms. The van der Waals surface area contributed by atoms with Crippen molar-refractivity contribution in [3.8, 4) is 5.75 Å². The Bertz CT molecular complexity index is 785. The summed E-state index contributed by atoms with van der Waals surface area (Å²) in [6, 6.07) is 8.02. The molecule has 0 radical (unpaired) electrons. The van der Waals surface area contributed by atoms with E-state index in [1.807, 2.05) is 0 Å². The minimum Gasteiger partial charge on any atom is -0.497 e. The van der Waals surface area contributed by atoms with Gasteiger partial charge in [0.15, 0.2) is 11.6 Å². The van der Waals surface area contributed by atoms with Gasteiger partial charge in [0.05, 0.1) is 20.3 Å². The van der Waals surface area contributed by atoms with Gasteiger partial charge in [-0.2, -0.15) is 0 Å². The summed E-state index contributed by atoms with van der Waals surface area (Å²) in [5.74, 6) is 0.117. The molecule has 6 heteroatoms. The highest BCUT2D eigenvalue weighted by Gasteiger charge is 2.14. The molecule has 1 aromatic carbocycles. The zero-order valence-electron chi connectivity index (χ0n) is 14.3. The molecule has 1 heterocycles. The summed E-state index contributed by atoms with van der Waals surface area (Å²) in [6.07, 6.45) is 0.0781. The van der Waals surface area contributed by atoms with Crippen LogP contribution in [0.4, 0.5) is 0 Å². The van der Waals surface area contributed by atoms with Crippen LogP contribution in [0, 0.1) is 6.92 Å².